The van der Waals surface area contributed by atoms with Crippen LogP contribution in [0.25, 0.3) is 0 Å². The minimum atomic E-state index is -0.0801. The fourth-order valence-corrected chi connectivity index (χ4v) is 2.72. The van der Waals surface area contributed by atoms with E-state index in [0.717, 1.165) is 28.9 Å². The normalized spacial score (nSPS) is 11.0. The van der Waals surface area contributed by atoms with E-state index in [2.05, 4.69) is 11.9 Å². The number of Topliss-reactive ketones (excluding diaryl/α,β-unsaturated/α-hetero) is 1. The third-order valence-corrected chi connectivity index (χ3v) is 4.48. The summed E-state index contributed by atoms with van der Waals surface area (Å²) in [6.07, 6.45) is 1.80. The Hall–Kier alpha value is -2.33. The van der Waals surface area contributed by atoms with E-state index in [4.69, 9.17) is 16.3 Å². The predicted octanol–water partition coefficient (Wildman–Crippen LogP) is 5.14. The van der Waals surface area contributed by atoms with Crippen LogP contribution in [0, 0.1) is 20.8 Å². The molecule has 0 saturated carbocycles. The molecule has 0 bridgehead atoms. The summed E-state index contributed by atoms with van der Waals surface area (Å²) in [5.41, 5.74) is 4.39. The van der Waals surface area contributed by atoms with E-state index in [1.807, 2.05) is 57.0 Å². The van der Waals surface area contributed by atoms with Crippen molar-refractivity contribution >= 4 is 29.4 Å². The molecule has 4 nitrogen and oxygen atoms in total. The van der Waals surface area contributed by atoms with Gasteiger partial charge in [0.05, 0.1) is 17.0 Å². The van der Waals surface area contributed by atoms with Crippen LogP contribution >= 0.6 is 11.6 Å². The summed E-state index contributed by atoms with van der Waals surface area (Å²) in [7, 11) is 1.97. The quantitative estimate of drug-likeness (QED) is 0.384. The number of aryl methyl sites for hydroxylation is 3. The number of benzene rings is 2. The van der Waals surface area contributed by atoms with Crippen molar-refractivity contribution in [1.29, 1.82) is 0 Å². The first-order valence-corrected chi connectivity index (χ1v) is 8.97. The number of hydrogen-bond acceptors (Lipinski definition) is 3. The molecule has 2 aromatic carbocycles. The van der Waals surface area contributed by atoms with Gasteiger partial charge in [-0.3, -0.25) is 4.79 Å². The average Bonchev–Trinajstić information content (AvgIpc) is 2.60. The second-order valence-electron chi connectivity index (χ2n) is 6.42. The molecular weight excluding hydrogens is 348 g/mol. The maximum absolute atomic E-state index is 12.6. The molecule has 0 atom stereocenters. The van der Waals surface area contributed by atoms with E-state index < -0.39 is 0 Å². The smallest absolute Gasteiger partial charge is 0.200 e. The van der Waals surface area contributed by atoms with Gasteiger partial charge in [0.1, 0.15) is 5.75 Å². The maximum Gasteiger partial charge on any atom is 0.200 e. The number of hydrogen-bond donors (Lipinski definition) is 0. The zero-order chi connectivity index (χ0) is 19.3. The van der Waals surface area contributed by atoms with Gasteiger partial charge in [0.25, 0.3) is 0 Å². The SMILES string of the molecule is CCN(C)C=Nc1cc(C)c(C(=O)COc2ccc(C)cc2Cl)cc1C. The number of ketones is 1. The van der Waals surface area contributed by atoms with Gasteiger partial charge in [-0.1, -0.05) is 17.7 Å². The van der Waals surface area contributed by atoms with Crippen molar-refractivity contribution in [3.05, 3.63) is 57.6 Å². The Morgan fingerprint density at radius 1 is 1.19 bits per heavy atom. The molecule has 26 heavy (non-hydrogen) atoms. The molecule has 2 aromatic rings. The molecule has 5 heteroatoms. The Labute approximate surface area is 160 Å². The average molecular weight is 373 g/mol. The molecule has 0 unspecified atom stereocenters. The molecule has 0 heterocycles. The highest BCUT2D eigenvalue weighted by molar-refractivity contribution is 6.32. The lowest BCUT2D eigenvalue weighted by atomic mass is 10.0. The molecule has 0 aliphatic carbocycles. The molecule has 2 rings (SSSR count). The minimum Gasteiger partial charge on any atom is -0.484 e. The van der Waals surface area contributed by atoms with E-state index in [0.29, 0.717) is 16.3 Å². The highest BCUT2D eigenvalue weighted by Gasteiger charge is 2.13. The number of ether oxygens (including phenoxy) is 1. The maximum atomic E-state index is 12.6. The molecule has 0 spiro atoms. The monoisotopic (exact) mass is 372 g/mol. The van der Waals surface area contributed by atoms with Gasteiger partial charge in [-0.15, -0.1) is 0 Å². The number of rotatable bonds is 7. The predicted molar refractivity (Wildman–Crippen MR) is 108 cm³/mol. The van der Waals surface area contributed by atoms with Crippen molar-refractivity contribution < 1.29 is 9.53 Å². The first-order valence-electron chi connectivity index (χ1n) is 8.59. The molecule has 0 radical (unpaired) electrons. The van der Waals surface area contributed by atoms with Crippen molar-refractivity contribution in [3.8, 4) is 5.75 Å². The molecule has 0 saturated heterocycles. The Kier molecular flexibility index (Phi) is 6.81. The third-order valence-electron chi connectivity index (χ3n) is 4.18. The lowest BCUT2D eigenvalue weighted by molar-refractivity contribution is 0.0921. The molecular formula is C21H25ClN2O2. The van der Waals surface area contributed by atoms with Crippen LogP contribution in [0.4, 0.5) is 5.69 Å². The van der Waals surface area contributed by atoms with E-state index in [-0.39, 0.29) is 12.4 Å². The molecule has 0 aliphatic heterocycles. The molecule has 0 amide bonds. The van der Waals surface area contributed by atoms with Crippen LogP contribution in [-0.2, 0) is 0 Å². The van der Waals surface area contributed by atoms with E-state index in [9.17, 15) is 4.79 Å². The lowest BCUT2D eigenvalue weighted by Gasteiger charge is -2.12. The summed E-state index contributed by atoms with van der Waals surface area (Å²) < 4.78 is 5.61. The van der Waals surface area contributed by atoms with Crippen LogP contribution in [0.2, 0.25) is 5.02 Å². The van der Waals surface area contributed by atoms with Gasteiger partial charge in [0.15, 0.2) is 12.4 Å². The zero-order valence-electron chi connectivity index (χ0n) is 16.0. The second-order valence-corrected chi connectivity index (χ2v) is 6.82. The standard InChI is InChI=1S/C21H25ClN2O2/c1-6-24(5)13-23-19-11-15(3)17(10-16(19)4)20(25)12-26-21-8-7-14(2)9-18(21)22/h7-11,13H,6,12H2,1-5H3. The largest absolute Gasteiger partial charge is 0.484 e. The van der Waals surface area contributed by atoms with Crippen molar-refractivity contribution in [2.24, 2.45) is 4.99 Å². The van der Waals surface area contributed by atoms with Crippen molar-refractivity contribution in [3.63, 3.8) is 0 Å². The van der Waals surface area contributed by atoms with Gasteiger partial charge >= 0.3 is 0 Å². The number of carbonyl (C=O) groups is 1. The summed E-state index contributed by atoms with van der Waals surface area (Å²) in [6.45, 7) is 8.71. The Balaban J connectivity index is 2.13. The zero-order valence-corrected chi connectivity index (χ0v) is 16.7. The van der Waals surface area contributed by atoms with Gasteiger partial charge in [0, 0.05) is 19.2 Å². The highest BCUT2D eigenvalue weighted by atomic mass is 35.5. The molecule has 0 N–H and O–H groups in total. The summed E-state index contributed by atoms with van der Waals surface area (Å²) in [4.78, 5) is 19.1. The van der Waals surface area contributed by atoms with Crippen LogP contribution in [0.5, 0.6) is 5.75 Å². The van der Waals surface area contributed by atoms with Crippen molar-refractivity contribution in [2.45, 2.75) is 27.7 Å². The Morgan fingerprint density at radius 3 is 2.58 bits per heavy atom. The number of carbonyl (C=O) groups excluding carboxylic acids is 1. The van der Waals surface area contributed by atoms with E-state index in [1.165, 1.54) is 0 Å². The highest BCUT2D eigenvalue weighted by Crippen LogP contribution is 2.26. The fourth-order valence-electron chi connectivity index (χ4n) is 2.43. The van der Waals surface area contributed by atoms with Gasteiger partial charge in [-0.2, -0.15) is 0 Å². The molecule has 0 fully saturated rings. The van der Waals surface area contributed by atoms with E-state index in [1.54, 1.807) is 12.4 Å². The summed E-state index contributed by atoms with van der Waals surface area (Å²) in [5.74, 6) is 0.437. The van der Waals surface area contributed by atoms with E-state index >= 15 is 0 Å². The summed E-state index contributed by atoms with van der Waals surface area (Å²) in [6, 6.07) is 9.31. The van der Waals surface area contributed by atoms with Gasteiger partial charge < -0.3 is 9.64 Å². The first-order chi connectivity index (χ1) is 12.3. The first kappa shape index (κ1) is 20.0. The van der Waals surface area contributed by atoms with Crippen molar-refractivity contribution in [2.75, 3.05) is 20.2 Å². The number of nitrogens with zero attached hydrogens (tertiary/aromatic N) is 2. The van der Waals surface area contributed by atoms with Crippen LogP contribution in [0.3, 0.4) is 0 Å². The molecule has 0 aliphatic rings. The summed E-state index contributed by atoms with van der Waals surface area (Å²) >= 11 is 6.15. The van der Waals surface area contributed by atoms with Gasteiger partial charge in [-0.25, -0.2) is 4.99 Å². The van der Waals surface area contributed by atoms with Crippen LogP contribution < -0.4 is 4.74 Å². The molecule has 138 valence electrons. The van der Waals surface area contributed by atoms with Crippen LogP contribution in [0.1, 0.15) is 34.0 Å². The number of halogens is 1. The third kappa shape index (κ3) is 5.09. The number of aliphatic imine (C=N–C) groups is 1. The van der Waals surface area contributed by atoms with Crippen LogP contribution in [0.15, 0.2) is 35.3 Å². The minimum absolute atomic E-state index is 0.0513. The topological polar surface area (TPSA) is 41.9 Å². The Bertz CT molecular complexity index is 831. The molecule has 0 aromatic heterocycles. The van der Waals surface area contributed by atoms with Gasteiger partial charge in [0.2, 0.25) is 0 Å². The Morgan fingerprint density at radius 2 is 1.92 bits per heavy atom. The van der Waals surface area contributed by atoms with Gasteiger partial charge in [-0.05, 0) is 68.7 Å². The summed E-state index contributed by atoms with van der Waals surface area (Å²) in [5, 5.41) is 0.510. The lowest BCUT2D eigenvalue weighted by Crippen LogP contribution is -2.14. The van der Waals surface area contributed by atoms with Crippen molar-refractivity contribution in [1.82, 2.24) is 4.90 Å². The fraction of sp³-hybridized carbons (Fsp3) is 0.333. The second kappa shape index (κ2) is 8.86. The van der Waals surface area contributed by atoms with Crippen LogP contribution in [-0.4, -0.2) is 37.2 Å².